The Kier molecular flexibility index (Phi) is 2.38. The average molecular weight is 146 g/mol. The Morgan fingerprint density at radius 3 is 2.67 bits per heavy atom. The van der Waals surface area contributed by atoms with Crippen molar-refractivity contribution in [2.45, 2.75) is 31.8 Å². The van der Waals surface area contributed by atoms with Crippen molar-refractivity contribution in [3.63, 3.8) is 0 Å². The van der Waals surface area contributed by atoms with Crippen LogP contribution in [-0.2, 0) is 0 Å². The van der Waals surface area contributed by atoms with Crippen LogP contribution in [0.4, 0.5) is 0 Å². The molecule has 0 spiro atoms. The smallest absolute Gasteiger partial charge is 0.0242 e. The highest BCUT2D eigenvalue weighted by Crippen LogP contribution is 2.16. The van der Waals surface area contributed by atoms with Gasteiger partial charge in [0.05, 0.1) is 0 Å². The fourth-order valence-corrected chi connectivity index (χ4v) is 1.44. The molecule has 2 unspecified atom stereocenters. The molecule has 1 saturated heterocycles. The van der Waals surface area contributed by atoms with Gasteiger partial charge in [-0.2, -0.15) is 0 Å². The van der Waals surface area contributed by atoms with Crippen LogP contribution < -0.4 is 5.73 Å². The molecular formula is C6H14N2S. The molecule has 1 heterocycles. The molecule has 0 bridgehead atoms. The van der Waals surface area contributed by atoms with Crippen molar-refractivity contribution in [1.82, 2.24) is 4.31 Å². The third-order valence-corrected chi connectivity index (χ3v) is 2.44. The monoisotopic (exact) mass is 146 g/mol. The first kappa shape index (κ1) is 7.38. The summed E-state index contributed by atoms with van der Waals surface area (Å²) in [7, 11) is 0. The third kappa shape index (κ3) is 1.85. The molecule has 1 aliphatic heterocycles. The van der Waals surface area contributed by atoms with Crippen molar-refractivity contribution in [3.05, 3.63) is 0 Å². The maximum Gasteiger partial charge on any atom is 0.0242 e. The van der Waals surface area contributed by atoms with Crippen LogP contribution in [-0.4, -0.2) is 22.9 Å². The van der Waals surface area contributed by atoms with Crippen LogP contribution in [0.3, 0.4) is 0 Å². The van der Waals surface area contributed by atoms with Gasteiger partial charge in [0.2, 0.25) is 0 Å². The van der Waals surface area contributed by atoms with Crippen molar-refractivity contribution >= 4 is 12.8 Å². The van der Waals surface area contributed by atoms with Crippen molar-refractivity contribution in [2.75, 3.05) is 6.54 Å². The standard InChI is InChI=1S/C6H14N2S/c1-5-2-3-6(7)4-8(5)9/h5-6,9H,2-4,7H2,1H3. The molecule has 0 radical (unpaired) electrons. The van der Waals surface area contributed by atoms with Gasteiger partial charge in [-0.15, -0.1) is 0 Å². The molecule has 54 valence electrons. The van der Waals surface area contributed by atoms with Gasteiger partial charge in [-0.05, 0) is 19.8 Å². The summed E-state index contributed by atoms with van der Waals surface area (Å²) in [5, 5.41) is 0. The third-order valence-electron chi connectivity index (χ3n) is 1.89. The summed E-state index contributed by atoms with van der Waals surface area (Å²) in [6.07, 6.45) is 2.34. The van der Waals surface area contributed by atoms with E-state index in [0.29, 0.717) is 12.1 Å². The molecule has 0 saturated carbocycles. The van der Waals surface area contributed by atoms with Crippen LogP contribution in [0.1, 0.15) is 19.8 Å². The van der Waals surface area contributed by atoms with E-state index in [9.17, 15) is 0 Å². The molecule has 0 aromatic rings. The fourth-order valence-electron chi connectivity index (χ4n) is 1.12. The van der Waals surface area contributed by atoms with Crippen molar-refractivity contribution in [2.24, 2.45) is 5.73 Å². The topological polar surface area (TPSA) is 29.3 Å². The molecule has 2 atom stereocenters. The Balaban J connectivity index is 2.35. The number of nitrogens with zero attached hydrogens (tertiary/aromatic N) is 1. The maximum absolute atomic E-state index is 5.70. The summed E-state index contributed by atoms with van der Waals surface area (Å²) in [5.74, 6) is 0. The van der Waals surface area contributed by atoms with E-state index < -0.39 is 0 Å². The van der Waals surface area contributed by atoms with Crippen molar-refractivity contribution < 1.29 is 0 Å². The second-order valence-electron chi connectivity index (χ2n) is 2.81. The van der Waals surface area contributed by atoms with Crippen molar-refractivity contribution in [1.29, 1.82) is 0 Å². The lowest BCUT2D eigenvalue weighted by Gasteiger charge is -2.31. The lowest BCUT2D eigenvalue weighted by Crippen LogP contribution is -2.42. The summed E-state index contributed by atoms with van der Waals surface area (Å²) in [6, 6.07) is 0.951. The van der Waals surface area contributed by atoms with Crippen LogP contribution in [0.15, 0.2) is 0 Å². The predicted octanol–water partition coefficient (Wildman–Crippen LogP) is 0.643. The van der Waals surface area contributed by atoms with E-state index in [0.717, 1.165) is 13.0 Å². The van der Waals surface area contributed by atoms with Crippen LogP contribution in [0.2, 0.25) is 0 Å². The fraction of sp³-hybridized carbons (Fsp3) is 1.00. The molecule has 1 rings (SSSR count). The summed E-state index contributed by atoms with van der Waals surface area (Å²) >= 11 is 4.27. The highest BCUT2D eigenvalue weighted by atomic mass is 32.1. The number of hydrogen-bond acceptors (Lipinski definition) is 3. The Bertz CT molecular complexity index is 97.1. The van der Waals surface area contributed by atoms with E-state index in [1.807, 2.05) is 4.31 Å². The second kappa shape index (κ2) is 2.90. The van der Waals surface area contributed by atoms with Gasteiger partial charge in [0, 0.05) is 18.6 Å². The van der Waals surface area contributed by atoms with E-state index in [4.69, 9.17) is 5.73 Å². The molecule has 3 heteroatoms. The minimum Gasteiger partial charge on any atom is -0.327 e. The van der Waals surface area contributed by atoms with E-state index in [1.54, 1.807) is 0 Å². The Labute approximate surface area is 61.9 Å². The van der Waals surface area contributed by atoms with Gasteiger partial charge in [0.15, 0.2) is 0 Å². The summed E-state index contributed by atoms with van der Waals surface area (Å²) < 4.78 is 2.02. The number of piperidine rings is 1. The molecule has 0 aromatic carbocycles. The van der Waals surface area contributed by atoms with E-state index in [2.05, 4.69) is 19.7 Å². The highest BCUT2D eigenvalue weighted by Gasteiger charge is 2.19. The lowest BCUT2D eigenvalue weighted by molar-refractivity contribution is 0.269. The van der Waals surface area contributed by atoms with Crippen LogP contribution in [0.25, 0.3) is 0 Å². The summed E-state index contributed by atoms with van der Waals surface area (Å²) in [6.45, 7) is 3.11. The largest absolute Gasteiger partial charge is 0.327 e. The Morgan fingerprint density at radius 1 is 1.56 bits per heavy atom. The molecule has 0 aromatic heterocycles. The summed E-state index contributed by atoms with van der Waals surface area (Å²) in [5.41, 5.74) is 5.70. The number of thiol groups is 1. The van der Waals surface area contributed by atoms with Crippen LogP contribution >= 0.6 is 12.8 Å². The number of nitrogens with two attached hydrogens (primary N) is 1. The van der Waals surface area contributed by atoms with Crippen LogP contribution in [0, 0.1) is 0 Å². The first-order chi connectivity index (χ1) is 4.20. The molecule has 0 amide bonds. The highest BCUT2D eigenvalue weighted by molar-refractivity contribution is 7.77. The molecular weight excluding hydrogens is 132 g/mol. The number of rotatable bonds is 0. The lowest BCUT2D eigenvalue weighted by atomic mass is 10.0. The quantitative estimate of drug-likeness (QED) is 0.491. The zero-order chi connectivity index (χ0) is 6.85. The predicted molar refractivity (Wildman–Crippen MR) is 42.4 cm³/mol. The van der Waals surface area contributed by atoms with Gasteiger partial charge in [-0.1, -0.05) is 12.8 Å². The minimum absolute atomic E-state index is 0.346. The van der Waals surface area contributed by atoms with E-state index in [1.165, 1.54) is 6.42 Å². The first-order valence-corrected chi connectivity index (χ1v) is 3.81. The van der Waals surface area contributed by atoms with Gasteiger partial charge >= 0.3 is 0 Å². The average Bonchev–Trinajstić information content (AvgIpc) is 1.80. The SMILES string of the molecule is CC1CCC(N)CN1S. The summed E-state index contributed by atoms with van der Waals surface area (Å²) in [4.78, 5) is 0. The molecule has 2 nitrogen and oxygen atoms in total. The normalized spacial score (nSPS) is 39.0. The van der Waals surface area contributed by atoms with Gasteiger partial charge in [-0.3, -0.25) is 0 Å². The maximum atomic E-state index is 5.70. The Morgan fingerprint density at radius 2 is 2.22 bits per heavy atom. The molecule has 1 fully saturated rings. The first-order valence-electron chi connectivity index (χ1n) is 3.41. The van der Waals surface area contributed by atoms with Gasteiger partial charge in [0.1, 0.15) is 0 Å². The second-order valence-corrected chi connectivity index (χ2v) is 3.32. The minimum atomic E-state index is 0.346. The van der Waals surface area contributed by atoms with Gasteiger partial charge in [0.25, 0.3) is 0 Å². The Hall–Kier alpha value is 0.270. The zero-order valence-corrected chi connectivity index (χ0v) is 6.64. The zero-order valence-electron chi connectivity index (χ0n) is 5.75. The van der Waals surface area contributed by atoms with Crippen LogP contribution in [0.5, 0.6) is 0 Å². The number of hydrogen-bond donors (Lipinski definition) is 2. The van der Waals surface area contributed by atoms with Gasteiger partial charge in [-0.25, -0.2) is 4.31 Å². The van der Waals surface area contributed by atoms with Crippen molar-refractivity contribution in [3.8, 4) is 0 Å². The van der Waals surface area contributed by atoms with E-state index in [-0.39, 0.29) is 0 Å². The molecule has 1 aliphatic rings. The van der Waals surface area contributed by atoms with E-state index >= 15 is 0 Å². The molecule has 9 heavy (non-hydrogen) atoms. The van der Waals surface area contributed by atoms with Gasteiger partial charge < -0.3 is 5.73 Å². The molecule has 0 aliphatic carbocycles. The molecule has 2 N–H and O–H groups in total.